The largest absolute Gasteiger partial charge is 0.490 e. The van der Waals surface area contributed by atoms with Gasteiger partial charge in [0.15, 0.2) is 0 Å². The summed E-state index contributed by atoms with van der Waals surface area (Å²) in [5.41, 5.74) is 8.96. The fraction of sp³-hybridized carbons (Fsp3) is 0.400. The van der Waals surface area contributed by atoms with E-state index in [2.05, 4.69) is 23.3 Å². The van der Waals surface area contributed by atoms with E-state index in [1.165, 1.54) is 7.11 Å². The van der Waals surface area contributed by atoms with E-state index >= 15 is 0 Å². The molecule has 8 nitrogen and oxygen atoms in total. The fourth-order valence-corrected chi connectivity index (χ4v) is 3.22. The number of ether oxygens (including phenoxy) is 1. The van der Waals surface area contributed by atoms with E-state index < -0.39 is 24.2 Å². The van der Waals surface area contributed by atoms with Gasteiger partial charge in [-0.15, -0.1) is 0 Å². The summed E-state index contributed by atoms with van der Waals surface area (Å²) in [7, 11) is 1.33. The number of nitrogens with one attached hydrogen (secondary N) is 2. The maximum Gasteiger partial charge on any atom is 0.490 e. The number of carboxylic acid groups (broad SMARTS) is 1. The second-order valence-corrected chi connectivity index (χ2v) is 8.80. The number of benzene rings is 2. The second kappa shape index (κ2) is 15.1. The Bertz CT molecular complexity index is 1040. The van der Waals surface area contributed by atoms with Gasteiger partial charge in [0.05, 0.1) is 7.11 Å². The number of esters is 1. The molecule has 12 heteroatoms. The van der Waals surface area contributed by atoms with E-state index in [0.717, 1.165) is 16.8 Å². The third-order valence-electron chi connectivity index (χ3n) is 4.89. The number of anilines is 1. The zero-order valence-corrected chi connectivity index (χ0v) is 21.6. The van der Waals surface area contributed by atoms with E-state index in [4.69, 9.17) is 20.4 Å². The second-order valence-electron chi connectivity index (χ2n) is 8.43. The molecule has 5 N–H and O–H groups in total. The van der Waals surface area contributed by atoms with Crippen molar-refractivity contribution in [2.45, 2.75) is 38.5 Å². The topological polar surface area (TPSA) is 131 Å². The van der Waals surface area contributed by atoms with Gasteiger partial charge in [-0.05, 0) is 41.7 Å². The number of thiol groups is 1. The number of carboxylic acids is 1. The Morgan fingerprint density at radius 2 is 1.70 bits per heavy atom. The van der Waals surface area contributed by atoms with Crippen molar-refractivity contribution < 1.29 is 37.4 Å². The molecule has 0 radical (unpaired) electrons. The number of hydrogen-bond donors (Lipinski definition) is 5. The van der Waals surface area contributed by atoms with Gasteiger partial charge in [-0.25, -0.2) is 9.59 Å². The van der Waals surface area contributed by atoms with Gasteiger partial charge >= 0.3 is 18.1 Å². The Morgan fingerprint density at radius 3 is 2.19 bits per heavy atom. The summed E-state index contributed by atoms with van der Waals surface area (Å²) in [5.74, 6) is -2.72. The normalized spacial score (nSPS) is 12.6. The monoisotopic (exact) mass is 543 g/mol. The van der Waals surface area contributed by atoms with Crippen molar-refractivity contribution >= 4 is 36.2 Å². The van der Waals surface area contributed by atoms with E-state index in [0.29, 0.717) is 24.3 Å². The fourth-order valence-electron chi connectivity index (χ4n) is 3.09. The van der Waals surface area contributed by atoms with E-state index in [1.807, 2.05) is 56.3 Å². The molecule has 0 bridgehead atoms. The molecule has 204 valence electrons. The summed E-state index contributed by atoms with van der Waals surface area (Å²) >= 11 is 4.21. The predicted octanol–water partition coefficient (Wildman–Crippen LogP) is 3.97. The first-order valence-electron chi connectivity index (χ1n) is 11.3. The number of aliphatic carboxylic acids is 1. The lowest BCUT2D eigenvalue weighted by atomic mass is 9.97. The first-order chi connectivity index (χ1) is 17.3. The van der Waals surface area contributed by atoms with Crippen LogP contribution in [0, 0.1) is 5.92 Å². The van der Waals surface area contributed by atoms with Crippen molar-refractivity contribution in [2.24, 2.45) is 11.7 Å². The molecule has 0 aliphatic heterocycles. The number of methoxy groups -OCH3 is 1. The van der Waals surface area contributed by atoms with Crippen LogP contribution in [-0.2, 0) is 14.3 Å². The van der Waals surface area contributed by atoms with Gasteiger partial charge in [0.25, 0.3) is 5.91 Å². The minimum Gasteiger partial charge on any atom is -0.475 e. The highest BCUT2D eigenvalue weighted by Crippen LogP contribution is 2.27. The summed E-state index contributed by atoms with van der Waals surface area (Å²) < 4.78 is 36.6. The molecular weight excluding hydrogens is 511 g/mol. The summed E-state index contributed by atoms with van der Waals surface area (Å²) in [6.07, 6.45) is -4.58. The van der Waals surface area contributed by atoms with E-state index in [-0.39, 0.29) is 17.9 Å². The van der Waals surface area contributed by atoms with Crippen LogP contribution in [-0.4, -0.2) is 60.6 Å². The van der Waals surface area contributed by atoms with Crippen molar-refractivity contribution in [1.29, 1.82) is 0 Å². The number of halogens is 3. The Hall–Kier alpha value is -3.25. The zero-order chi connectivity index (χ0) is 28.2. The molecule has 1 amide bonds. The lowest BCUT2D eigenvalue weighted by Gasteiger charge is -2.20. The van der Waals surface area contributed by atoms with Crippen molar-refractivity contribution in [3.63, 3.8) is 0 Å². The van der Waals surface area contributed by atoms with E-state index in [9.17, 15) is 22.8 Å². The number of carbonyl (C=O) groups is 3. The van der Waals surface area contributed by atoms with Crippen LogP contribution in [0.5, 0.6) is 0 Å². The summed E-state index contributed by atoms with van der Waals surface area (Å²) in [5, 5.41) is 13.3. The Morgan fingerprint density at radius 1 is 1.11 bits per heavy atom. The van der Waals surface area contributed by atoms with Gasteiger partial charge in [0.1, 0.15) is 6.04 Å². The first-order valence-corrected chi connectivity index (χ1v) is 11.9. The highest BCUT2D eigenvalue weighted by atomic mass is 32.1. The molecule has 0 aliphatic rings. The molecule has 0 aromatic heterocycles. The maximum absolute atomic E-state index is 13.1. The molecule has 2 unspecified atom stereocenters. The standard InChI is InChI=1S/C23H31N3O3S.C2HF3O2/c1-15(2)11-21(23(28)29-3)26-22(27)19-10-9-18(25-13-17(24)14-30)12-20(19)16-7-5-4-6-8-16;3-2(4,5)1(6)7/h4-10,12,15,17,21,25,30H,11,13-14,24H2,1-3H3,(H,26,27);(H,6,7). The molecule has 37 heavy (non-hydrogen) atoms. The number of hydrogen-bond acceptors (Lipinski definition) is 7. The Labute approximate surface area is 219 Å². The molecule has 2 aromatic rings. The van der Waals surface area contributed by atoms with Crippen molar-refractivity contribution in [3.8, 4) is 11.1 Å². The Kier molecular flexibility index (Phi) is 13.0. The molecule has 0 saturated carbocycles. The first kappa shape index (κ1) is 31.8. The van der Waals surface area contributed by atoms with Gasteiger partial charge in [0, 0.05) is 29.6 Å². The van der Waals surface area contributed by atoms with Gasteiger partial charge in [-0.3, -0.25) is 4.79 Å². The smallest absolute Gasteiger partial charge is 0.475 e. The lowest BCUT2D eigenvalue weighted by molar-refractivity contribution is -0.192. The van der Waals surface area contributed by atoms with Crippen molar-refractivity contribution in [1.82, 2.24) is 5.32 Å². The maximum atomic E-state index is 13.1. The average molecular weight is 544 g/mol. The minimum atomic E-state index is -5.08. The number of alkyl halides is 3. The van der Waals surface area contributed by atoms with Gasteiger partial charge in [0.2, 0.25) is 0 Å². The molecule has 0 aliphatic carbocycles. The molecule has 2 atom stereocenters. The number of rotatable bonds is 10. The molecule has 0 heterocycles. The molecule has 2 aromatic carbocycles. The van der Waals surface area contributed by atoms with Crippen LogP contribution in [0.4, 0.5) is 18.9 Å². The van der Waals surface area contributed by atoms with Crippen LogP contribution in [0.3, 0.4) is 0 Å². The van der Waals surface area contributed by atoms with Gasteiger partial charge in [-0.2, -0.15) is 25.8 Å². The quantitative estimate of drug-likeness (QED) is 0.226. The van der Waals surface area contributed by atoms with Crippen LogP contribution in [0.1, 0.15) is 30.6 Å². The summed E-state index contributed by atoms with van der Waals surface area (Å²) in [4.78, 5) is 34.1. The third kappa shape index (κ3) is 11.1. The Balaban J connectivity index is 0.000000856. The van der Waals surface area contributed by atoms with Crippen LogP contribution >= 0.6 is 12.6 Å². The van der Waals surface area contributed by atoms with Crippen LogP contribution in [0.2, 0.25) is 0 Å². The highest BCUT2D eigenvalue weighted by Gasteiger charge is 2.38. The molecule has 0 fully saturated rings. The van der Waals surface area contributed by atoms with Gasteiger partial charge < -0.3 is 26.2 Å². The number of carbonyl (C=O) groups excluding carboxylic acids is 2. The van der Waals surface area contributed by atoms with Crippen LogP contribution in [0.25, 0.3) is 11.1 Å². The summed E-state index contributed by atoms with van der Waals surface area (Å²) in [6, 6.07) is 14.4. The van der Waals surface area contributed by atoms with Crippen LogP contribution < -0.4 is 16.4 Å². The SMILES string of the molecule is COC(=O)C(CC(C)C)NC(=O)c1ccc(NCC(N)CS)cc1-c1ccccc1.O=C(O)C(F)(F)F. The minimum absolute atomic E-state index is 0.0756. The third-order valence-corrected chi connectivity index (χ3v) is 5.36. The molecule has 2 rings (SSSR count). The summed E-state index contributed by atoms with van der Waals surface area (Å²) in [6.45, 7) is 4.56. The number of nitrogens with two attached hydrogens (primary N) is 1. The lowest BCUT2D eigenvalue weighted by Crippen LogP contribution is -2.42. The van der Waals surface area contributed by atoms with Crippen molar-refractivity contribution in [3.05, 3.63) is 54.1 Å². The molecule has 0 saturated heterocycles. The zero-order valence-electron chi connectivity index (χ0n) is 20.7. The van der Waals surface area contributed by atoms with Crippen molar-refractivity contribution in [2.75, 3.05) is 24.7 Å². The average Bonchev–Trinajstić information content (AvgIpc) is 2.86. The molecular formula is C25H32F3N3O5S. The number of amides is 1. The molecule has 0 spiro atoms. The van der Waals surface area contributed by atoms with Gasteiger partial charge in [-0.1, -0.05) is 44.2 Å². The van der Waals surface area contributed by atoms with Crippen LogP contribution in [0.15, 0.2) is 48.5 Å². The highest BCUT2D eigenvalue weighted by molar-refractivity contribution is 7.80. The predicted molar refractivity (Wildman–Crippen MR) is 139 cm³/mol. The van der Waals surface area contributed by atoms with E-state index in [1.54, 1.807) is 6.07 Å².